The van der Waals surface area contributed by atoms with Gasteiger partial charge in [0.25, 0.3) is 0 Å². The molecule has 0 fully saturated rings. The van der Waals surface area contributed by atoms with Crippen LogP contribution in [0.15, 0.2) is 39.4 Å². The smallest absolute Gasteiger partial charge is 0.338 e. The summed E-state index contributed by atoms with van der Waals surface area (Å²) < 4.78 is 10.4. The van der Waals surface area contributed by atoms with Gasteiger partial charge in [0.2, 0.25) is 11.1 Å². The summed E-state index contributed by atoms with van der Waals surface area (Å²) in [4.78, 5) is 15.2. The first-order valence-corrected chi connectivity index (χ1v) is 5.41. The molecule has 0 aliphatic rings. The Labute approximate surface area is 106 Å². The van der Waals surface area contributed by atoms with Crippen molar-refractivity contribution >= 4 is 28.7 Å². The lowest BCUT2D eigenvalue weighted by Crippen LogP contribution is -1.96. The molecule has 0 saturated carbocycles. The molecule has 0 amide bonds. The lowest BCUT2D eigenvalue weighted by atomic mass is 10.2. The number of hydrogen-bond acceptors (Lipinski definition) is 4. The molecule has 0 bridgehead atoms. The van der Waals surface area contributed by atoms with E-state index in [1.807, 2.05) is 0 Å². The Kier molecular flexibility index (Phi) is 2.34. The number of aromatic nitrogens is 1. The largest absolute Gasteiger partial charge is 0.478 e. The molecule has 90 valence electrons. The van der Waals surface area contributed by atoms with E-state index >= 15 is 0 Å². The van der Waals surface area contributed by atoms with Crippen LogP contribution in [0, 0.1) is 0 Å². The van der Waals surface area contributed by atoms with Gasteiger partial charge in [-0.05, 0) is 29.8 Å². The Hall–Kier alpha value is -2.27. The first-order valence-electron chi connectivity index (χ1n) is 5.03. The van der Waals surface area contributed by atoms with Crippen molar-refractivity contribution in [3.05, 3.63) is 41.3 Å². The Balaban J connectivity index is 2.26. The zero-order valence-corrected chi connectivity index (χ0v) is 9.64. The van der Waals surface area contributed by atoms with Crippen LogP contribution in [0.2, 0.25) is 5.22 Å². The molecule has 0 radical (unpaired) electrons. The minimum Gasteiger partial charge on any atom is -0.478 e. The van der Waals surface area contributed by atoms with E-state index in [2.05, 4.69) is 4.98 Å². The van der Waals surface area contributed by atoms with E-state index in [-0.39, 0.29) is 22.2 Å². The fraction of sp³-hybridized carbons (Fsp3) is 0. The predicted octanol–water partition coefficient (Wildman–Crippen LogP) is 3.44. The number of carbonyl (C=O) groups is 1. The number of carboxylic acids is 1. The molecule has 3 rings (SSSR count). The number of oxazole rings is 1. The van der Waals surface area contributed by atoms with Gasteiger partial charge in [-0.2, -0.15) is 0 Å². The van der Waals surface area contributed by atoms with E-state index in [0.717, 1.165) is 0 Å². The number of halogens is 1. The summed E-state index contributed by atoms with van der Waals surface area (Å²) in [6, 6.07) is 6.31. The maximum Gasteiger partial charge on any atom is 0.338 e. The summed E-state index contributed by atoms with van der Waals surface area (Å²) in [7, 11) is 0. The van der Waals surface area contributed by atoms with Crippen LogP contribution in [0.3, 0.4) is 0 Å². The second-order valence-electron chi connectivity index (χ2n) is 3.58. The number of carboxylic acid groups (broad SMARTS) is 1. The molecule has 0 unspecified atom stereocenters. The number of nitrogens with zero attached hydrogens (tertiary/aromatic N) is 1. The van der Waals surface area contributed by atoms with Crippen LogP contribution in [0.25, 0.3) is 22.6 Å². The molecule has 0 atom stereocenters. The minimum atomic E-state index is -1.06. The summed E-state index contributed by atoms with van der Waals surface area (Å²) >= 11 is 5.82. The third kappa shape index (κ3) is 1.56. The van der Waals surface area contributed by atoms with Gasteiger partial charge >= 0.3 is 5.97 Å². The Morgan fingerprint density at radius 2 is 2.17 bits per heavy atom. The summed E-state index contributed by atoms with van der Waals surface area (Å²) in [6.45, 7) is 0. The minimum absolute atomic E-state index is 0.0853. The van der Waals surface area contributed by atoms with Crippen LogP contribution in [-0.2, 0) is 0 Å². The van der Waals surface area contributed by atoms with Crippen molar-refractivity contribution in [1.29, 1.82) is 0 Å². The number of benzene rings is 1. The lowest BCUT2D eigenvalue weighted by Gasteiger charge is -1.92. The van der Waals surface area contributed by atoms with Crippen LogP contribution in [0.5, 0.6) is 0 Å². The average molecular weight is 264 g/mol. The lowest BCUT2D eigenvalue weighted by molar-refractivity contribution is 0.0699. The standard InChI is InChI=1S/C12H6ClNO4/c13-10-7(4-5-17-10)11-14-9-6(12(15)16)2-1-3-8(9)18-11/h1-5H,(H,15,16). The molecule has 0 aliphatic carbocycles. The Morgan fingerprint density at radius 3 is 2.83 bits per heavy atom. The summed E-state index contributed by atoms with van der Waals surface area (Å²) in [5, 5.41) is 9.20. The van der Waals surface area contributed by atoms with Crippen molar-refractivity contribution in [3.8, 4) is 11.5 Å². The predicted molar refractivity (Wildman–Crippen MR) is 63.7 cm³/mol. The molecular weight excluding hydrogens is 258 g/mol. The molecule has 0 aliphatic heterocycles. The van der Waals surface area contributed by atoms with Gasteiger partial charge in [0.15, 0.2) is 5.58 Å². The van der Waals surface area contributed by atoms with E-state index in [0.29, 0.717) is 11.1 Å². The van der Waals surface area contributed by atoms with E-state index in [4.69, 9.17) is 25.5 Å². The quantitative estimate of drug-likeness (QED) is 0.766. The van der Waals surface area contributed by atoms with Gasteiger partial charge in [0.1, 0.15) is 5.52 Å². The third-order valence-corrected chi connectivity index (χ3v) is 2.79. The first-order chi connectivity index (χ1) is 8.66. The number of fused-ring (bicyclic) bond motifs is 1. The molecule has 0 spiro atoms. The maximum absolute atomic E-state index is 11.1. The average Bonchev–Trinajstić information content (AvgIpc) is 2.92. The summed E-state index contributed by atoms with van der Waals surface area (Å²) in [6.07, 6.45) is 1.41. The molecule has 3 aromatic rings. The van der Waals surface area contributed by atoms with Gasteiger partial charge in [0, 0.05) is 0 Å². The number of hydrogen-bond donors (Lipinski definition) is 1. The van der Waals surface area contributed by atoms with E-state index in [1.165, 1.54) is 12.3 Å². The molecule has 1 N–H and O–H groups in total. The maximum atomic E-state index is 11.1. The van der Waals surface area contributed by atoms with Gasteiger partial charge in [0.05, 0.1) is 17.4 Å². The van der Waals surface area contributed by atoms with Crippen LogP contribution in [-0.4, -0.2) is 16.1 Å². The van der Waals surface area contributed by atoms with Crippen molar-refractivity contribution in [1.82, 2.24) is 4.98 Å². The van der Waals surface area contributed by atoms with Crippen molar-refractivity contribution in [2.24, 2.45) is 0 Å². The zero-order chi connectivity index (χ0) is 12.7. The SMILES string of the molecule is O=C(O)c1cccc2oc(-c3ccoc3Cl)nc12. The van der Waals surface area contributed by atoms with Gasteiger partial charge in [-0.25, -0.2) is 9.78 Å². The molecule has 18 heavy (non-hydrogen) atoms. The fourth-order valence-corrected chi connectivity index (χ4v) is 1.88. The van der Waals surface area contributed by atoms with Crippen molar-refractivity contribution in [2.45, 2.75) is 0 Å². The van der Waals surface area contributed by atoms with Crippen LogP contribution in [0.1, 0.15) is 10.4 Å². The van der Waals surface area contributed by atoms with E-state index < -0.39 is 5.97 Å². The topological polar surface area (TPSA) is 76.5 Å². The van der Waals surface area contributed by atoms with Gasteiger partial charge in [-0.1, -0.05) is 6.07 Å². The molecular formula is C12H6ClNO4. The highest BCUT2D eigenvalue weighted by molar-refractivity contribution is 6.31. The first kappa shape index (κ1) is 10.9. The van der Waals surface area contributed by atoms with Gasteiger partial charge in [-0.3, -0.25) is 0 Å². The molecule has 0 saturated heterocycles. The normalized spacial score (nSPS) is 10.9. The number of para-hydroxylation sites is 1. The summed E-state index contributed by atoms with van der Waals surface area (Å²) in [5.74, 6) is -0.823. The highest BCUT2D eigenvalue weighted by Crippen LogP contribution is 2.31. The van der Waals surface area contributed by atoms with Gasteiger partial charge < -0.3 is 13.9 Å². The highest BCUT2D eigenvalue weighted by atomic mass is 35.5. The highest BCUT2D eigenvalue weighted by Gasteiger charge is 2.17. The third-order valence-electron chi connectivity index (χ3n) is 2.50. The Morgan fingerprint density at radius 1 is 1.33 bits per heavy atom. The molecule has 2 aromatic heterocycles. The molecule has 5 nitrogen and oxygen atoms in total. The Bertz CT molecular complexity index is 743. The van der Waals surface area contributed by atoms with Gasteiger partial charge in [-0.15, -0.1) is 0 Å². The van der Waals surface area contributed by atoms with Crippen molar-refractivity contribution in [3.63, 3.8) is 0 Å². The van der Waals surface area contributed by atoms with E-state index in [9.17, 15) is 4.79 Å². The van der Waals surface area contributed by atoms with Crippen LogP contribution in [0.4, 0.5) is 0 Å². The second kappa shape index (κ2) is 3.89. The van der Waals surface area contributed by atoms with Crippen molar-refractivity contribution < 1.29 is 18.7 Å². The molecule has 6 heteroatoms. The molecule has 2 heterocycles. The summed E-state index contributed by atoms with van der Waals surface area (Å²) in [5.41, 5.74) is 1.26. The van der Waals surface area contributed by atoms with E-state index in [1.54, 1.807) is 18.2 Å². The van der Waals surface area contributed by atoms with Crippen LogP contribution >= 0.6 is 11.6 Å². The van der Waals surface area contributed by atoms with Crippen molar-refractivity contribution in [2.75, 3.05) is 0 Å². The monoisotopic (exact) mass is 263 g/mol. The fourth-order valence-electron chi connectivity index (χ4n) is 1.68. The second-order valence-corrected chi connectivity index (χ2v) is 3.93. The number of rotatable bonds is 2. The number of aromatic carboxylic acids is 1. The molecule has 1 aromatic carbocycles. The zero-order valence-electron chi connectivity index (χ0n) is 8.88. The number of furan rings is 1. The van der Waals surface area contributed by atoms with Crippen LogP contribution < -0.4 is 0 Å².